The fraction of sp³-hybridized carbons (Fsp3) is 0.684. The van der Waals surface area contributed by atoms with E-state index in [1.54, 1.807) is 5.56 Å². The van der Waals surface area contributed by atoms with Crippen LogP contribution in [-0.2, 0) is 5.41 Å². The molecule has 4 aliphatic carbocycles. The van der Waals surface area contributed by atoms with Crippen LogP contribution >= 0.6 is 0 Å². The monoisotopic (exact) mass is 269 g/mol. The Bertz CT molecular complexity index is 473. The number of hydrogen-bond acceptors (Lipinski definition) is 1. The Morgan fingerprint density at radius 1 is 1.05 bits per heavy atom. The Hall–Kier alpha value is -0.820. The van der Waals surface area contributed by atoms with Gasteiger partial charge in [-0.15, -0.1) is 0 Å². The highest BCUT2D eigenvalue weighted by Gasteiger charge is 2.55. The van der Waals surface area contributed by atoms with Gasteiger partial charge in [0.05, 0.1) is 0 Å². The Morgan fingerprint density at radius 2 is 1.70 bits per heavy atom. The van der Waals surface area contributed by atoms with E-state index in [9.17, 15) is 0 Å². The van der Waals surface area contributed by atoms with Gasteiger partial charge in [0.2, 0.25) is 0 Å². The molecule has 0 aliphatic heterocycles. The van der Waals surface area contributed by atoms with Crippen molar-refractivity contribution in [1.29, 1.82) is 0 Å². The molecular weight excluding hydrogens is 242 g/mol. The molecule has 4 aliphatic rings. The zero-order valence-corrected chi connectivity index (χ0v) is 12.9. The molecule has 4 bridgehead atoms. The minimum absolute atomic E-state index is 0.524. The van der Waals surface area contributed by atoms with Crippen molar-refractivity contribution in [2.24, 2.45) is 17.8 Å². The summed E-state index contributed by atoms with van der Waals surface area (Å²) in [7, 11) is 0. The van der Waals surface area contributed by atoms with Crippen molar-refractivity contribution in [3.63, 3.8) is 0 Å². The molecule has 2 atom stereocenters. The maximum Gasteiger partial charge on any atom is 0.0124 e. The molecule has 1 nitrogen and oxygen atoms in total. The van der Waals surface area contributed by atoms with Crippen LogP contribution in [0.25, 0.3) is 0 Å². The van der Waals surface area contributed by atoms with E-state index in [-0.39, 0.29) is 0 Å². The zero-order chi connectivity index (χ0) is 13.7. The molecule has 0 radical (unpaired) electrons. The molecule has 0 saturated heterocycles. The van der Waals surface area contributed by atoms with E-state index in [4.69, 9.17) is 0 Å². The van der Waals surface area contributed by atoms with E-state index >= 15 is 0 Å². The lowest BCUT2D eigenvalue weighted by molar-refractivity contribution is -0.0343. The summed E-state index contributed by atoms with van der Waals surface area (Å²) in [5.74, 6) is 2.87. The summed E-state index contributed by atoms with van der Waals surface area (Å²) < 4.78 is 0. The Morgan fingerprint density at radius 3 is 2.30 bits per heavy atom. The summed E-state index contributed by atoms with van der Waals surface area (Å²) in [4.78, 5) is 0. The Kier molecular flexibility index (Phi) is 2.96. The first kappa shape index (κ1) is 12.9. The second kappa shape index (κ2) is 4.59. The van der Waals surface area contributed by atoms with Gasteiger partial charge in [0.1, 0.15) is 0 Å². The van der Waals surface area contributed by atoms with Crippen molar-refractivity contribution < 1.29 is 0 Å². The lowest BCUT2D eigenvalue weighted by Crippen LogP contribution is -2.59. The van der Waals surface area contributed by atoms with Crippen LogP contribution in [0.5, 0.6) is 0 Å². The largest absolute Gasteiger partial charge is 0.314 e. The second-order valence-corrected chi connectivity index (χ2v) is 7.70. The molecule has 2 unspecified atom stereocenters. The number of rotatable bonds is 3. The average Bonchev–Trinajstić information content (AvgIpc) is 2.43. The lowest BCUT2D eigenvalue weighted by atomic mass is 9.46. The van der Waals surface area contributed by atoms with Crippen LogP contribution in [0.15, 0.2) is 24.3 Å². The summed E-state index contributed by atoms with van der Waals surface area (Å²) in [6.45, 7) is 5.60. The molecule has 1 aromatic carbocycles. The predicted molar refractivity (Wildman–Crippen MR) is 83.9 cm³/mol. The molecule has 0 aromatic heterocycles. The first-order chi connectivity index (χ1) is 9.70. The minimum atomic E-state index is 0.524. The number of hydrogen-bond donors (Lipinski definition) is 1. The SMILES string of the molecule is CCNC1C2CC3CC1CC(c1ccc(C)cc1)(C3)C2. The maximum atomic E-state index is 3.81. The molecule has 4 saturated carbocycles. The first-order valence-electron chi connectivity index (χ1n) is 8.51. The summed E-state index contributed by atoms with van der Waals surface area (Å²) in [5, 5.41) is 3.81. The van der Waals surface area contributed by atoms with E-state index in [1.807, 2.05) is 0 Å². The van der Waals surface area contributed by atoms with Gasteiger partial charge in [-0.3, -0.25) is 0 Å². The van der Waals surface area contributed by atoms with Gasteiger partial charge < -0.3 is 5.32 Å². The maximum absolute atomic E-state index is 3.81. The molecule has 1 aromatic rings. The van der Waals surface area contributed by atoms with Crippen molar-refractivity contribution in [1.82, 2.24) is 5.32 Å². The third-order valence-corrected chi connectivity index (χ3v) is 6.38. The first-order valence-corrected chi connectivity index (χ1v) is 8.51. The van der Waals surface area contributed by atoms with Crippen molar-refractivity contribution >= 4 is 0 Å². The van der Waals surface area contributed by atoms with Gasteiger partial charge in [0.15, 0.2) is 0 Å². The van der Waals surface area contributed by atoms with Crippen molar-refractivity contribution in [2.45, 2.75) is 57.4 Å². The van der Waals surface area contributed by atoms with Crippen LogP contribution in [0.3, 0.4) is 0 Å². The van der Waals surface area contributed by atoms with Gasteiger partial charge >= 0.3 is 0 Å². The Balaban J connectivity index is 1.66. The third-order valence-electron chi connectivity index (χ3n) is 6.38. The highest BCUT2D eigenvalue weighted by atomic mass is 14.9. The van der Waals surface area contributed by atoms with Gasteiger partial charge in [0.25, 0.3) is 0 Å². The molecule has 0 amide bonds. The van der Waals surface area contributed by atoms with Crippen molar-refractivity contribution in [3.8, 4) is 0 Å². The van der Waals surface area contributed by atoms with Gasteiger partial charge in [0, 0.05) is 6.04 Å². The van der Waals surface area contributed by atoms with Gasteiger partial charge in [-0.1, -0.05) is 36.8 Å². The molecule has 5 rings (SSSR count). The van der Waals surface area contributed by atoms with Gasteiger partial charge in [-0.05, 0) is 74.3 Å². The highest BCUT2D eigenvalue weighted by Crippen LogP contribution is 2.60. The second-order valence-electron chi connectivity index (χ2n) is 7.70. The summed E-state index contributed by atoms with van der Waals surface area (Å²) in [5.41, 5.74) is 3.55. The number of aryl methyl sites for hydroxylation is 1. The van der Waals surface area contributed by atoms with E-state index in [1.165, 1.54) is 37.7 Å². The standard InChI is InChI=1S/C19H27N/c1-3-20-18-15-8-14-9-16(18)12-19(10-14,11-15)17-6-4-13(2)5-7-17/h4-7,14-16,18,20H,3,8-12H2,1-2H3. The van der Waals surface area contributed by atoms with E-state index in [2.05, 4.69) is 43.4 Å². The molecule has 0 spiro atoms. The minimum Gasteiger partial charge on any atom is -0.314 e. The van der Waals surface area contributed by atoms with E-state index < -0.39 is 0 Å². The quantitative estimate of drug-likeness (QED) is 0.873. The molecular formula is C19H27N. The fourth-order valence-corrected chi connectivity index (χ4v) is 5.85. The van der Waals surface area contributed by atoms with E-state index in [0.29, 0.717) is 5.41 Å². The van der Waals surface area contributed by atoms with E-state index in [0.717, 1.165) is 30.3 Å². The fourth-order valence-electron chi connectivity index (χ4n) is 5.85. The number of nitrogens with one attached hydrogen (secondary N) is 1. The molecule has 20 heavy (non-hydrogen) atoms. The van der Waals surface area contributed by atoms with Crippen molar-refractivity contribution in [2.75, 3.05) is 6.54 Å². The highest BCUT2D eigenvalue weighted by molar-refractivity contribution is 5.32. The molecule has 1 heteroatoms. The van der Waals surface area contributed by atoms with Crippen LogP contribution < -0.4 is 5.32 Å². The topological polar surface area (TPSA) is 12.0 Å². The molecule has 4 fully saturated rings. The average molecular weight is 269 g/mol. The van der Waals surface area contributed by atoms with Gasteiger partial charge in [-0.25, -0.2) is 0 Å². The van der Waals surface area contributed by atoms with Gasteiger partial charge in [-0.2, -0.15) is 0 Å². The zero-order valence-electron chi connectivity index (χ0n) is 12.9. The van der Waals surface area contributed by atoms with Crippen LogP contribution in [0.2, 0.25) is 0 Å². The smallest absolute Gasteiger partial charge is 0.0124 e. The van der Waals surface area contributed by atoms with Crippen LogP contribution in [0, 0.1) is 24.7 Å². The van der Waals surface area contributed by atoms with Crippen molar-refractivity contribution in [3.05, 3.63) is 35.4 Å². The predicted octanol–water partition coefficient (Wildman–Crippen LogP) is 4.05. The van der Waals surface area contributed by atoms with Crippen LogP contribution in [0.1, 0.15) is 50.2 Å². The Labute approximate surface area is 123 Å². The third kappa shape index (κ3) is 1.86. The normalized spacial score (nSPS) is 42.1. The number of benzene rings is 1. The lowest BCUT2D eigenvalue weighted by Gasteiger charge is -2.60. The summed E-state index contributed by atoms with van der Waals surface area (Å²) in [6.07, 6.45) is 7.30. The molecule has 0 heterocycles. The van der Waals surface area contributed by atoms with Crippen LogP contribution in [0.4, 0.5) is 0 Å². The molecule has 108 valence electrons. The molecule has 1 N–H and O–H groups in total. The summed E-state index contributed by atoms with van der Waals surface area (Å²) in [6, 6.07) is 10.3. The summed E-state index contributed by atoms with van der Waals surface area (Å²) >= 11 is 0. The van der Waals surface area contributed by atoms with Crippen LogP contribution in [-0.4, -0.2) is 12.6 Å².